The first kappa shape index (κ1) is 12.2. The summed E-state index contributed by atoms with van der Waals surface area (Å²) >= 11 is 0. The van der Waals surface area contributed by atoms with Gasteiger partial charge in [-0.3, -0.25) is 0 Å². The molecule has 0 heterocycles. The molecule has 0 spiro atoms. The van der Waals surface area contributed by atoms with Gasteiger partial charge in [-0.05, 0) is 30.6 Å². The Kier molecular flexibility index (Phi) is 3.86. The Balaban J connectivity index is 2.34. The van der Waals surface area contributed by atoms with Gasteiger partial charge < -0.3 is 0 Å². The van der Waals surface area contributed by atoms with Crippen molar-refractivity contribution in [1.82, 2.24) is 0 Å². The maximum atomic E-state index is 2.41. The normalized spacial score (nSPS) is 14.0. The van der Waals surface area contributed by atoms with E-state index in [-0.39, 0.29) is 0 Å². The van der Waals surface area contributed by atoms with Crippen LogP contribution in [-0.2, 0) is 6.16 Å². The van der Waals surface area contributed by atoms with E-state index in [0.717, 1.165) is 6.16 Å². The minimum absolute atomic E-state index is 1.15. The van der Waals surface area contributed by atoms with Crippen molar-refractivity contribution in [3.8, 4) is 0 Å². The molecule has 0 aliphatic heterocycles. The molecule has 0 saturated carbocycles. The van der Waals surface area contributed by atoms with Crippen molar-refractivity contribution in [1.29, 1.82) is 0 Å². The van der Waals surface area contributed by atoms with Crippen LogP contribution in [0.15, 0.2) is 60.7 Å². The van der Waals surface area contributed by atoms with Crippen LogP contribution in [0.4, 0.5) is 0 Å². The second-order valence-corrected chi connectivity index (χ2v) is 8.39. The third-order valence-corrected chi connectivity index (χ3v) is 6.91. The van der Waals surface area contributed by atoms with Gasteiger partial charge in [0.05, 0.1) is 0 Å². The molecule has 0 aliphatic rings. The summed E-state index contributed by atoms with van der Waals surface area (Å²) in [7, 11) is 0. The van der Waals surface area contributed by atoms with Crippen LogP contribution < -0.4 is 5.30 Å². The molecule has 0 nitrogen and oxygen atoms in total. The molecule has 88 valence electrons. The summed E-state index contributed by atoms with van der Waals surface area (Å²) in [5.74, 6) is 2.41. The van der Waals surface area contributed by atoms with E-state index >= 15 is 0 Å². The van der Waals surface area contributed by atoms with Crippen LogP contribution >= 0.6 is 6.89 Å². The minimum Gasteiger partial charge on any atom is -0.0852 e. The highest BCUT2D eigenvalue weighted by Gasteiger charge is 2.12. The molecule has 17 heavy (non-hydrogen) atoms. The van der Waals surface area contributed by atoms with Gasteiger partial charge >= 0.3 is 0 Å². The maximum absolute atomic E-state index is 2.41. The van der Waals surface area contributed by atoms with Gasteiger partial charge in [-0.15, -0.1) is 0 Å². The Morgan fingerprint density at radius 1 is 0.882 bits per heavy atom. The van der Waals surface area contributed by atoms with Crippen molar-refractivity contribution in [3.63, 3.8) is 0 Å². The highest BCUT2D eigenvalue weighted by atomic mass is 31.2. The zero-order chi connectivity index (χ0) is 12.1. The Labute approximate surface area is 104 Å². The van der Waals surface area contributed by atoms with Gasteiger partial charge in [-0.25, -0.2) is 0 Å². The first-order chi connectivity index (χ1) is 8.24. The molecule has 0 aliphatic carbocycles. The van der Waals surface area contributed by atoms with E-state index in [2.05, 4.69) is 80.0 Å². The van der Waals surface area contributed by atoms with E-state index in [9.17, 15) is 0 Å². The molecule has 2 aromatic carbocycles. The Morgan fingerprint density at radius 2 is 1.41 bits per heavy atom. The lowest BCUT2D eigenvalue weighted by atomic mass is 10.2. The zero-order valence-corrected chi connectivity index (χ0v) is 11.4. The Morgan fingerprint density at radius 3 is 1.94 bits per heavy atom. The average Bonchev–Trinajstić information content (AvgIpc) is 2.41. The fourth-order valence-electron chi connectivity index (χ4n) is 2.06. The third-order valence-electron chi connectivity index (χ3n) is 3.27. The number of benzene rings is 2. The van der Waals surface area contributed by atoms with Gasteiger partial charge in [-0.1, -0.05) is 73.3 Å². The topological polar surface area (TPSA) is 0 Å². The zero-order valence-electron chi connectivity index (χ0n) is 10.5. The number of rotatable bonds is 3. The summed E-state index contributed by atoms with van der Waals surface area (Å²) in [6.07, 6.45) is 1.16. The number of hydrogen-bond donors (Lipinski definition) is 0. The molecule has 0 aromatic heterocycles. The van der Waals surface area contributed by atoms with Gasteiger partial charge in [0, 0.05) is 0 Å². The van der Waals surface area contributed by atoms with E-state index in [1.165, 1.54) is 10.9 Å². The van der Waals surface area contributed by atoms with E-state index in [1.54, 1.807) is 0 Å². The largest absolute Gasteiger partial charge is 0.0852 e. The first-order valence-electron chi connectivity index (χ1n) is 6.00. The lowest BCUT2D eigenvalue weighted by Crippen LogP contribution is -2.07. The van der Waals surface area contributed by atoms with Gasteiger partial charge in [0.25, 0.3) is 0 Å². The first-order valence-corrected chi connectivity index (χ1v) is 8.49. The van der Waals surface area contributed by atoms with Crippen molar-refractivity contribution < 1.29 is 0 Å². The van der Waals surface area contributed by atoms with Crippen LogP contribution in [-0.4, -0.2) is 12.5 Å². The van der Waals surface area contributed by atoms with Crippen molar-refractivity contribution >= 4 is 18.0 Å². The van der Waals surface area contributed by atoms with E-state index < -0.39 is 6.89 Å². The maximum Gasteiger partial charge on any atom is -0.00418 e. The predicted molar refractivity (Wildman–Crippen MR) is 80.8 cm³/mol. The second-order valence-electron chi connectivity index (χ2n) is 4.51. The molecule has 0 bridgehead atoms. The molecular formula is C16H19P. The van der Waals surface area contributed by atoms with Crippen LogP contribution in [0, 0.1) is 0 Å². The van der Waals surface area contributed by atoms with Crippen LogP contribution in [0.3, 0.4) is 0 Å². The lowest BCUT2D eigenvalue weighted by molar-refractivity contribution is 1.40. The SMILES string of the molecule is CC=P(C)(Cc1ccccc1)c1ccccc1. The molecule has 2 rings (SSSR count). The predicted octanol–water partition coefficient (Wildman–Crippen LogP) is 3.98. The molecule has 1 atom stereocenters. The highest BCUT2D eigenvalue weighted by molar-refractivity contribution is 7.80. The monoisotopic (exact) mass is 242 g/mol. The van der Waals surface area contributed by atoms with E-state index in [1.807, 2.05) is 0 Å². The smallest absolute Gasteiger partial charge is 0.00418 e. The van der Waals surface area contributed by atoms with Gasteiger partial charge in [0.2, 0.25) is 0 Å². The molecule has 0 saturated heterocycles. The van der Waals surface area contributed by atoms with Gasteiger partial charge in [0.15, 0.2) is 0 Å². The van der Waals surface area contributed by atoms with Crippen molar-refractivity contribution in [2.24, 2.45) is 0 Å². The van der Waals surface area contributed by atoms with E-state index in [0.29, 0.717) is 0 Å². The molecule has 0 radical (unpaired) electrons. The second kappa shape index (κ2) is 5.38. The van der Waals surface area contributed by atoms with Crippen LogP contribution in [0.1, 0.15) is 12.5 Å². The highest BCUT2D eigenvalue weighted by Crippen LogP contribution is 2.44. The molecule has 0 amide bonds. The molecule has 0 N–H and O–H groups in total. The summed E-state index contributed by atoms with van der Waals surface area (Å²) in [6, 6.07) is 21.7. The summed E-state index contributed by atoms with van der Waals surface area (Å²) in [6.45, 7) is 3.46. The average molecular weight is 242 g/mol. The minimum atomic E-state index is -1.15. The lowest BCUT2D eigenvalue weighted by Gasteiger charge is -2.21. The summed E-state index contributed by atoms with van der Waals surface area (Å²) in [5, 5.41) is 1.49. The summed E-state index contributed by atoms with van der Waals surface area (Å²) in [4.78, 5) is 0. The van der Waals surface area contributed by atoms with Crippen LogP contribution in [0.2, 0.25) is 0 Å². The van der Waals surface area contributed by atoms with Crippen molar-refractivity contribution in [2.75, 3.05) is 6.66 Å². The Bertz CT molecular complexity index is 512. The molecule has 2 aromatic rings. The third kappa shape index (κ3) is 2.90. The standard InChI is InChI=1S/C16H19P/c1-3-17(2,16-12-8-5-9-13-16)14-15-10-6-4-7-11-15/h3-13H,14H2,1-2H3. The van der Waals surface area contributed by atoms with Crippen LogP contribution in [0.5, 0.6) is 0 Å². The summed E-state index contributed by atoms with van der Waals surface area (Å²) < 4.78 is 0. The van der Waals surface area contributed by atoms with Crippen molar-refractivity contribution in [3.05, 3.63) is 66.2 Å². The Hall–Kier alpha value is -1.26. The fourth-order valence-corrected chi connectivity index (χ4v) is 4.55. The number of hydrogen-bond acceptors (Lipinski definition) is 0. The molecule has 0 fully saturated rings. The molecule has 1 heteroatoms. The quantitative estimate of drug-likeness (QED) is 0.714. The fraction of sp³-hybridized carbons (Fsp3) is 0.188. The van der Waals surface area contributed by atoms with E-state index in [4.69, 9.17) is 0 Å². The van der Waals surface area contributed by atoms with Gasteiger partial charge in [0.1, 0.15) is 0 Å². The summed E-state index contributed by atoms with van der Waals surface area (Å²) in [5.41, 5.74) is 1.44. The molecular weight excluding hydrogens is 223 g/mol. The van der Waals surface area contributed by atoms with Crippen LogP contribution in [0.25, 0.3) is 0 Å². The van der Waals surface area contributed by atoms with Gasteiger partial charge in [-0.2, -0.15) is 0 Å². The van der Waals surface area contributed by atoms with Crippen molar-refractivity contribution in [2.45, 2.75) is 13.1 Å². The molecule has 1 unspecified atom stereocenters.